The van der Waals surface area contributed by atoms with Gasteiger partial charge >= 0.3 is 0 Å². The Kier molecular flexibility index (Phi) is 1.74. The van der Waals surface area contributed by atoms with Gasteiger partial charge in [-0.15, -0.1) is 5.10 Å². The molecule has 0 saturated heterocycles. The molecule has 0 unspecified atom stereocenters. The Hall–Kier alpha value is -0.970. The molecule has 1 rings (SSSR count). The lowest BCUT2D eigenvalue weighted by Gasteiger charge is -2.08. The van der Waals surface area contributed by atoms with Gasteiger partial charge in [-0.2, -0.15) is 4.79 Å². The van der Waals surface area contributed by atoms with E-state index in [1.807, 2.05) is 0 Å². The van der Waals surface area contributed by atoms with Gasteiger partial charge < -0.3 is 0 Å². The van der Waals surface area contributed by atoms with Gasteiger partial charge in [0.2, 0.25) is 0 Å². The quantitative estimate of drug-likeness (QED) is 0.536. The topological polar surface area (TPSA) is 34.0 Å². The molecule has 0 atom stereocenters. The van der Waals surface area contributed by atoms with E-state index >= 15 is 0 Å². The molecule has 5 heteroatoms. The van der Waals surface area contributed by atoms with Crippen LogP contribution >= 0.6 is 12.2 Å². The molecule has 0 saturated carbocycles. The first-order valence-corrected chi connectivity index (χ1v) is 2.86. The van der Waals surface area contributed by atoms with E-state index in [1.54, 1.807) is 24.5 Å². The second-order valence-corrected chi connectivity index (χ2v) is 1.71. The smallest absolute Gasteiger partial charge is 0.0859 e. The minimum Gasteiger partial charge on any atom is -0.264 e. The van der Waals surface area contributed by atoms with E-state index < -0.39 is 0 Å². The van der Waals surface area contributed by atoms with Crippen LogP contribution in [0.1, 0.15) is 0 Å². The van der Waals surface area contributed by atoms with Crippen molar-refractivity contribution in [3.05, 3.63) is 12.4 Å². The van der Waals surface area contributed by atoms with Crippen molar-refractivity contribution in [2.75, 3.05) is 12.1 Å². The van der Waals surface area contributed by atoms with Crippen LogP contribution in [0, 0.1) is 0 Å². The third kappa shape index (κ3) is 1.23. The monoisotopic (exact) mass is 142 g/mol. The van der Waals surface area contributed by atoms with Crippen LogP contribution in [0.15, 0.2) is 12.4 Å². The normalized spacial score (nSPS) is 9.00. The highest BCUT2D eigenvalue weighted by atomic mass is 32.1. The SMILES string of the molecule is CN(C=S)n1ccnn1. The molecule has 0 aromatic carbocycles. The summed E-state index contributed by atoms with van der Waals surface area (Å²) in [5, 5.41) is 8.92. The first kappa shape index (κ1) is 6.15. The van der Waals surface area contributed by atoms with E-state index in [0.717, 1.165) is 0 Å². The van der Waals surface area contributed by atoms with Crippen LogP contribution < -0.4 is 5.01 Å². The number of hydrogen-bond donors (Lipinski definition) is 0. The largest absolute Gasteiger partial charge is 0.264 e. The van der Waals surface area contributed by atoms with Gasteiger partial charge in [-0.05, 0) is 5.21 Å². The molecular formula is C4H6N4S. The van der Waals surface area contributed by atoms with Gasteiger partial charge in [0, 0.05) is 7.05 Å². The van der Waals surface area contributed by atoms with E-state index in [-0.39, 0.29) is 0 Å². The summed E-state index contributed by atoms with van der Waals surface area (Å²) in [6.07, 6.45) is 3.30. The fraction of sp³-hybridized carbons (Fsp3) is 0.250. The van der Waals surface area contributed by atoms with Gasteiger partial charge in [0.1, 0.15) is 0 Å². The van der Waals surface area contributed by atoms with Crippen LogP contribution in [0.3, 0.4) is 0 Å². The van der Waals surface area contributed by atoms with Gasteiger partial charge in [-0.25, -0.2) is 0 Å². The highest BCUT2D eigenvalue weighted by molar-refractivity contribution is 7.79. The molecule has 0 bridgehead atoms. The number of nitrogens with zero attached hydrogens (tertiary/aromatic N) is 4. The molecule has 4 nitrogen and oxygen atoms in total. The van der Waals surface area contributed by atoms with Crippen molar-refractivity contribution < 1.29 is 0 Å². The Morgan fingerprint density at radius 2 is 2.56 bits per heavy atom. The minimum atomic E-state index is 1.48. The maximum absolute atomic E-state index is 4.64. The highest BCUT2D eigenvalue weighted by Crippen LogP contribution is 1.77. The van der Waals surface area contributed by atoms with Crippen LogP contribution in [-0.2, 0) is 0 Å². The number of aromatic nitrogens is 3. The number of thiocarbonyl (C=S) groups is 1. The van der Waals surface area contributed by atoms with Gasteiger partial charge in [0.05, 0.1) is 17.9 Å². The third-order valence-electron chi connectivity index (χ3n) is 0.886. The average molecular weight is 142 g/mol. The zero-order valence-electron chi connectivity index (χ0n) is 4.93. The molecule has 0 aliphatic carbocycles. The molecular weight excluding hydrogens is 136 g/mol. The summed E-state index contributed by atoms with van der Waals surface area (Å²) in [6, 6.07) is 0. The molecule has 1 aromatic heterocycles. The molecule has 0 spiro atoms. The lowest BCUT2D eigenvalue weighted by atomic mass is 10.9. The van der Waals surface area contributed by atoms with E-state index in [4.69, 9.17) is 0 Å². The first-order valence-electron chi connectivity index (χ1n) is 2.39. The van der Waals surface area contributed by atoms with Crippen LogP contribution in [0.4, 0.5) is 0 Å². The second kappa shape index (κ2) is 2.54. The number of rotatable bonds is 2. The lowest BCUT2D eigenvalue weighted by Crippen LogP contribution is -2.27. The third-order valence-corrected chi connectivity index (χ3v) is 1.19. The summed E-state index contributed by atoms with van der Waals surface area (Å²) < 4.78 is 0. The summed E-state index contributed by atoms with van der Waals surface area (Å²) in [5.41, 5.74) is 1.48. The number of hydrogen-bond acceptors (Lipinski definition) is 3. The van der Waals surface area contributed by atoms with Crippen molar-refractivity contribution in [3.63, 3.8) is 0 Å². The van der Waals surface area contributed by atoms with Crippen molar-refractivity contribution >= 4 is 17.7 Å². The Morgan fingerprint density at radius 1 is 1.78 bits per heavy atom. The highest BCUT2D eigenvalue weighted by Gasteiger charge is 1.90. The zero-order valence-corrected chi connectivity index (χ0v) is 5.75. The molecule has 0 fully saturated rings. The summed E-state index contributed by atoms with van der Waals surface area (Å²) >= 11 is 4.64. The minimum absolute atomic E-state index is 1.48. The van der Waals surface area contributed by atoms with Crippen molar-refractivity contribution in [2.45, 2.75) is 0 Å². The molecule has 1 aromatic rings. The second-order valence-electron chi connectivity index (χ2n) is 1.50. The van der Waals surface area contributed by atoms with Crippen LogP contribution in [0.5, 0.6) is 0 Å². The van der Waals surface area contributed by atoms with Crippen molar-refractivity contribution in [1.82, 2.24) is 15.1 Å². The molecule has 0 aliphatic heterocycles. The molecule has 9 heavy (non-hydrogen) atoms. The van der Waals surface area contributed by atoms with Crippen molar-refractivity contribution in [1.29, 1.82) is 0 Å². The summed E-state index contributed by atoms with van der Waals surface area (Å²) in [7, 11) is 1.79. The van der Waals surface area contributed by atoms with Crippen LogP contribution in [-0.4, -0.2) is 27.6 Å². The predicted octanol–water partition coefficient (Wildman–Crippen LogP) is -0.197. The molecule has 0 N–H and O–H groups in total. The Morgan fingerprint density at radius 3 is 3.00 bits per heavy atom. The lowest BCUT2D eigenvalue weighted by molar-refractivity contribution is 0.661. The fourth-order valence-electron chi connectivity index (χ4n) is 0.419. The van der Waals surface area contributed by atoms with Gasteiger partial charge in [0.25, 0.3) is 0 Å². The summed E-state index contributed by atoms with van der Waals surface area (Å²) in [6.45, 7) is 0. The Labute approximate surface area is 58.0 Å². The van der Waals surface area contributed by atoms with Crippen molar-refractivity contribution in [3.8, 4) is 0 Å². The van der Waals surface area contributed by atoms with E-state index in [2.05, 4.69) is 22.5 Å². The molecule has 48 valence electrons. The molecule has 1 heterocycles. The molecule has 0 radical (unpaired) electrons. The summed E-state index contributed by atoms with van der Waals surface area (Å²) in [5.74, 6) is 0. The predicted molar refractivity (Wildman–Crippen MR) is 37.8 cm³/mol. The standard InChI is InChI=1S/C4H6N4S/c1-7(4-9)8-3-2-5-6-8/h2-4H,1H3. The fourth-order valence-corrected chi connectivity index (χ4v) is 0.515. The van der Waals surface area contributed by atoms with Crippen LogP contribution in [0.25, 0.3) is 0 Å². The van der Waals surface area contributed by atoms with E-state index in [0.29, 0.717) is 0 Å². The van der Waals surface area contributed by atoms with Crippen molar-refractivity contribution in [2.24, 2.45) is 0 Å². The summed E-state index contributed by atoms with van der Waals surface area (Å²) in [4.78, 5) is 1.53. The molecule has 0 amide bonds. The maximum Gasteiger partial charge on any atom is 0.0859 e. The van der Waals surface area contributed by atoms with Crippen LogP contribution in [0.2, 0.25) is 0 Å². The van der Waals surface area contributed by atoms with E-state index in [9.17, 15) is 0 Å². The van der Waals surface area contributed by atoms with Gasteiger partial charge in [0.15, 0.2) is 0 Å². The Bertz CT molecular complexity index is 182. The van der Waals surface area contributed by atoms with Gasteiger partial charge in [-0.3, -0.25) is 5.01 Å². The van der Waals surface area contributed by atoms with Gasteiger partial charge in [-0.1, -0.05) is 12.2 Å². The average Bonchev–Trinajstić information content (AvgIpc) is 2.37. The molecule has 0 aliphatic rings. The maximum atomic E-state index is 4.64. The zero-order chi connectivity index (χ0) is 6.69. The van der Waals surface area contributed by atoms with E-state index in [1.165, 1.54) is 10.3 Å². The Balaban J connectivity index is 2.76. The first-order chi connectivity index (χ1) is 4.34.